The normalized spacial score (nSPS) is 12.1. The number of aryl methyl sites for hydroxylation is 2. The smallest absolute Gasteiger partial charge is 0.209 e. The van der Waals surface area contributed by atoms with Crippen LogP contribution in [0.5, 0.6) is 0 Å². The molecule has 5 heteroatoms. The molecule has 0 atom stereocenters. The molecule has 0 radical (unpaired) electrons. The van der Waals surface area contributed by atoms with Gasteiger partial charge in [0.05, 0.1) is 4.90 Å². The molecule has 0 bridgehead atoms. The molecule has 0 amide bonds. The van der Waals surface area contributed by atoms with Crippen LogP contribution in [0.4, 0.5) is 0 Å². The van der Waals surface area contributed by atoms with Crippen LogP contribution in [0.1, 0.15) is 25.0 Å². The van der Waals surface area contributed by atoms with Gasteiger partial charge < -0.3 is 0 Å². The summed E-state index contributed by atoms with van der Waals surface area (Å²) in [5, 5.41) is 0. The van der Waals surface area contributed by atoms with Gasteiger partial charge in [-0.15, -0.1) is 0 Å². The SMILES string of the molecule is Cc1cc(C)c(S(=O)(=O)NC(C)C)cc1Br. The number of sulfonamides is 1. The third kappa shape index (κ3) is 3.06. The number of hydrogen-bond acceptors (Lipinski definition) is 2. The van der Waals surface area contributed by atoms with E-state index in [1.165, 1.54) is 0 Å². The molecule has 0 aliphatic heterocycles. The zero-order chi connectivity index (χ0) is 12.5. The second-order valence-electron chi connectivity index (χ2n) is 4.14. The highest BCUT2D eigenvalue weighted by molar-refractivity contribution is 9.10. The van der Waals surface area contributed by atoms with E-state index >= 15 is 0 Å². The summed E-state index contributed by atoms with van der Waals surface area (Å²) < 4.78 is 27.4. The predicted octanol–water partition coefficient (Wildman–Crippen LogP) is 2.75. The Morgan fingerprint density at radius 1 is 1.19 bits per heavy atom. The Kier molecular flexibility index (Phi) is 4.15. The molecule has 90 valence electrons. The van der Waals surface area contributed by atoms with Crippen molar-refractivity contribution in [2.75, 3.05) is 0 Å². The van der Waals surface area contributed by atoms with Crippen molar-refractivity contribution in [1.29, 1.82) is 0 Å². The van der Waals surface area contributed by atoms with E-state index in [1.54, 1.807) is 26.8 Å². The van der Waals surface area contributed by atoms with Crippen LogP contribution in [0, 0.1) is 13.8 Å². The average molecular weight is 306 g/mol. The van der Waals surface area contributed by atoms with Gasteiger partial charge in [0, 0.05) is 10.5 Å². The standard InChI is InChI=1S/C11H16BrNO2S/c1-7(2)13-16(14,15)11-6-10(12)8(3)5-9(11)4/h5-7,13H,1-4H3. The fraction of sp³-hybridized carbons (Fsp3) is 0.455. The van der Waals surface area contributed by atoms with Gasteiger partial charge >= 0.3 is 0 Å². The zero-order valence-corrected chi connectivity index (χ0v) is 12.2. The summed E-state index contributed by atoms with van der Waals surface area (Å²) in [6.45, 7) is 7.34. The zero-order valence-electron chi connectivity index (χ0n) is 9.83. The molecule has 0 spiro atoms. The Bertz CT molecular complexity index is 495. The fourth-order valence-electron chi connectivity index (χ4n) is 1.47. The highest BCUT2D eigenvalue weighted by atomic mass is 79.9. The first-order valence-corrected chi connectivity index (χ1v) is 7.30. The number of nitrogens with one attached hydrogen (secondary N) is 1. The molecule has 0 heterocycles. The summed E-state index contributed by atoms with van der Waals surface area (Å²) in [5.74, 6) is 0. The fourth-order valence-corrected chi connectivity index (χ4v) is 3.47. The van der Waals surface area contributed by atoms with E-state index in [0.717, 1.165) is 15.6 Å². The first-order chi connectivity index (χ1) is 7.24. The topological polar surface area (TPSA) is 46.2 Å². The quantitative estimate of drug-likeness (QED) is 0.933. The van der Waals surface area contributed by atoms with Gasteiger partial charge in [0.25, 0.3) is 0 Å². The molecule has 0 saturated carbocycles. The monoisotopic (exact) mass is 305 g/mol. The Morgan fingerprint density at radius 3 is 2.25 bits per heavy atom. The maximum Gasteiger partial charge on any atom is 0.241 e. The molecule has 0 aromatic heterocycles. The Morgan fingerprint density at radius 2 is 1.75 bits per heavy atom. The van der Waals surface area contributed by atoms with Crippen LogP contribution >= 0.6 is 15.9 Å². The second-order valence-corrected chi connectivity index (χ2v) is 6.68. The minimum atomic E-state index is -3.41. The van der Waals surface area contributed by atoms with Crippen LogP contribution in [-0.4, -0.2) is 14.5 Å². The molecule has 3 nitrogen and oxygen atoms in total. The summed E-state index contributed by atoms with van der Waals surface area (Å²) in [7, 11) is -3.41. The Balaban J connectivity index is 3.29. The summed E-state index contributed by atoms with van der Waals surface area (Å²) >= 11 is 3.35. The number of rotatable bonds is 3. The number of hydrogen-bond donors (Lipinski definition) is 1. The molecule has 0 saturated heterocycles. The van der Waals surface area contributed by atoms with Crippen molar-refractivity contribution in [3.8, 4) is 0 Å². The molecule has 16 heavy (non-hydrogen) atoms. The molecule has 1 N–H and O–H groups in total. The Labute approximate surface area is 105 Å². The van der Waals surface area contributed by atoms with Crippen molar-refractivity contribution in [3.63, 3.8) is 0 Å². The molecule has 0 fully saturated rings. The molecular weight excluding hydrogens is 290 g/mol. The lowest BCUT2D eigenvalue weighted by Crippen LogP contribution is -2.30. The van der Waals surface area contributed by atoms with E-state index in [9.17, 15) is 8.42 Å². The van der Waals surface area contributed by atoms with E-state index in [0.29, 0.717) is 4.90 Å². The number of halogens is 1. The van der Waals surface area contributed by atoms with Crippen molar-refractivity contribution in [2.24, 2.45) is 0 Å². The van der Waals surface area contributed by atoms with Crippen LogP contribution in [0.15, 0.2) is 21.5 Å². The number of benzene rings is 1. The van der Waals surface area contributed by atoms with Gasteiger partial charge in [-0.25, -0.2) is 13.1 Å². The predicted molar refractivity (Wildman–Crippen MR) is 69.1 cm³/mol. The van der Waals surface area contributed by atoms with Crippen LogP contribution in [-0.2, 0) is 10.0 Å². The molecule has 0 aliphatic rings. The van der Waals surface area contributed by atoms with E-state index < -0.39 is 10.0 Å². The third-order valence-corrected chi connectivity index (χ3v) is 4.79. The van der Waals surface area contributed by atoms with Crippen LogP contribution < -0.4 is 4.72 Å². The maximum absolute atomic E-state index is 12.0. The molecule has 1 aromatic rings. The van der Waals surface area contributed by atoms with Gasteiger partial charge in [-0.1, -0.05) is 22.0 Å². The van der Waals surface area contributed by atoms with Gasteiger partial charge in [-0.05, 0) is 44.9 Å². The summed E-state index contributed by atoms with van der Waals surface area (Å²) in [6, 6.07) is 3.40. The van der Waals surface area contributed by atoms with Crippen LogP contribution in [0.25, 0.3) is 0 Å². The highest BCUT2D eigenvalue weighted by Gasteiger charge is 2.18. The van der Waals surface area contributed by atoms with E-state index in [4.69, 9.17) is 0 Å². The molecular formula is C11H16BrNO2S. The van der Waals surface area contributed by atoms with Gasteiger partial charge in [-0.2, -0.15) is 0 Å². The minimum absolute atomic E-state index is 0.107. The second kappa shape index (κ2) is 4.85. The molecule has 1 aromatic carbocycles. The maximum atomic E-state index is 12.0. The van der Waals surface area contributed by atoms with Crippen molar-refractivity contribution < 1.29 is 8.42 Å². The lowest BCUT2D eigenvalue weighted by molar-refractivity contribution is 0.569. The van der Waals surface area contributed by atoms with Crippen molar-refractivity contribution in [2.45, 2.75) is 38.6 Å². The van der Waals surface area contributed by atoms with E-state index in [2.05, 4.69) is 20.7 Å². The molecule has 0 unspecified atom stereocenters. The lowest BCUT2D eigenvalue weighted by Gasteiger charge is -2.13. The first-order valence-electron chi connectivity index (χ1n) is 5.03. The largest absolute Gasteiger partial charge is 0.241 e. The summed E-state index contributed by atoms with van der Waals surface area (Å²) in [4.78, 5) is 0.332. The van der Waals surface area contributed by atoms with E-state index in [1.807, 2.05) is 13.0 Å². The van der Waals surface area contributed by atoms with Crippen LogP contribution in [0.3, 0.4) is 0 Å². The summed E-state index contributed by atoms with van der Waals surface area (Å²) in [5.41, 5.74) is 1.79. The Hall–Kier alpha value is -0.390. The van der Waals surface area contributed by atoms with Crippen molar-refractivity contribution in [1.82, 2.24) is 4.72 Å². The molecule has 0 aliphatic carbocycles. The lowest BCUT2D eigenvalue weighted by atomic mass is 10.2. The van der Waals surface area contributed by atoms with Gasteiger partial charge in [0.15, 0.2) is 0 Å². The minimum Gasteiger partial charge on any atom is -0.209 e. The van der Waals surface area contributed by atoms with Gasteiger partial charge in [-0.3, -0.25) is 0 Å². The van der Waals surface area contributed by atoms with Gasteiger partial charge in [0.1, 0.15) is 0 Å². The summed E-state index contributed by atoms with van der Waals surface area (Å²) in [6.07, 6.45) is 0. The van der Waals surface area contributed by atoms with Crippen molar-refractivity contribution >= 4 is 26.0 Å². The average Bonchev–Trinajstić information content (AvgIpc) is 2.08. The first kappa shape index (κ1) is 13.7. The third-order valence-electron chi connectivity index (χ3n) is 2.14. The van der Waals surface area contributed by atoms with Crippen LogP contribution in [0.2, 0.25) is 0 Å². The van der Waals surface area contributed by atoms with Gasteiger partial charge in [0.2, 0.25) is 10.0 Å². The highest BCUT2D eigenvalue weighted by Crippen LogP contribution is 2.24. The molecule has 1 rings (SSSR count). The van der Waals surface area contributed by atoms with E-state index in [-0.39, 0.29) is 6.04 Å². The van der Waals surface area contributed by atoms with Crippen molar-refractivity contribution in [3.05, 3.63) is 27.7 Å².